The van der Waals surface area contributed by atoms with Crippen LogP contribution in [0.2, 0.25) is 0 Å². The van der Waals surface area contributed by atoms with Crippen molar-refractivity contribution in [1.82, 2.24) is 15.6 Å². The quantitative estimate of drug-likeness (QED) is 0.357. The van der Waals surface area contributed by atoms with Crippen molar-refractivity contribution in [2.45, 2.75) is 0 Å². The number of phenols is 1. The number of hydrazone groups is 1. The van der Waals surface area contributed by atoms with E-state index in [0.717, 1.165) is 22.3 Å². The van der Waals surface area contributed by atoms with Gasteiger partial charge >= 0.3 is 0 Å². The van der Waals surface area contributed by atoms with Gasteiger partial charge in [-0.25, -0.2) is 5.43 Å². The summed E-state index contributed by atoms with van der Waals surface area (Å²) in [6.45, 7) is 0. The monoisotopic (exact) mass is 382 g/mol. The summed E-state index contributed by atoms with van der Waals surface area (Å²) >= 11 is 0. The van der Waals surface area contributed by atoms with Gasteiger partial charge in [-0.1, -0.05) is 54.6 Å². The number of nitrogens with one attached hydrogen (secondary N) is 2. The van der Waals surface area contributed by atoms with Crippen molar-refractivity contribution in [3.63, 3.8) is 0 Å². The molecular formula is C23H18N4O2. The molecule has 1 heterocycles. The fraction of sp³-hybridized carbons (Fsp3) is 0. The Bertz CT molecular complexity index is 1130. The highest BCUT2D eigenvalue weighted by Gasteiger charge is 2.10. The van der Waals surface area contributed by atoms with Gasteiger partial charge in [-0.2, -0.15) is 10.2 Å². The van der Waals surface area contributed by atoms with Crippen molar-refractivity contribution < 1.29 is 9.90 Å². The topological polar surface area (TPSA) is 90.4 Å². The van der Waals surface area contributed by atoms with Gasteiger partial charge in [0.25, 0.3) is 5.91 Å². The molecule has 0 aliphatic heterocycles. The van der Waals surface area contributed by atoms with Gasteiger partial charge in [0.1, 0.15) is 11.4 Å². The lowest BCUT2D eigenvalue weighted by molar-refractivity contribution is 0.0950. The molecule has 3 N–H and O–H groups in total. The molecule has 0 aliphatic carbocycles. The summed E-state index contributed by atoms with van der Waals surface area (Å²) in [5.74, 6) is -0.215. The Morgan fingerprint density at radius 3 is 2.28 bits per heavy atom. The van der Waals surface area contributed by atoms with Crippen LogP contribution < -0.4 is 5.43 Å². The Kier molecular flexibility index (Phi) is 5.16. The average Bonchev–Trinajstić information content (AvgIpc) is 3.26. The number of H-pyrrole nitrogens is 1. The molecule has 0 saturated heterocycles. The Hall–Kier alpha value is -4.19. The van der Waals surface area contributed by atoms with Gasteiger partial charge in [-0.05, 0) is 47.0 Å². The van der Waals surface area contributed by atoms with Crippen LogP contribution in [-0.4, -0.2) is 27.4 Å². The molecule has 0 radical (unpaired) electrons. The van der Waals surface area contributed by atoms with Gasteiger partial charge in [0.2, 0.25) is 0 Å². The Morgan fingerprint density at radius 1 is 0.897 bits per heavy atom. The minimum Gasteiger partial charge on any atom is -0.508 e. The lowest BCUT2D eigenvalue weighted by atomic mass is 10.0. The third kappa shape index (κ3) is 4.39. The lowest BCUT2D eigenvalue weighted by Crippen LogP contribution is -2.17. The van der Waals surface area contributed by atoms with E-state index in [-0.39, 0.29) is 11.7 Å². The van der Waals surface area contributed by atoms with Crippen LogP contribution in [0.4, 0.5) is 0 Å². The van der Waals surface area contributed by atoms with Crippen LogP contribution in [-0.2, 0) is 0 Å². The number of aromatic amines is 1. The second-order valence-corrected chi connectivity index (χ2v) is 6.40. The number of hydrogen-bond acceptors (Lipinski definition) is 4. The zero-order valence-corrected chi connectivity index (χ0v) is 15.4. The van der Waals surface area contributed by atoms with E-state index in [9.17, 15) is 9.90 Å². The first-order chi connectivity index (χ1) is 14.2. The Morgan fingerprint density at radius 2 is 1.55 bits per heavy atom. The average molecular weight is 382 g/mol. The normalized spacial score (nSPS) is 10.9. The molecule has 0 saturated carbocycles. The number of rotatable bonds is 5. The molecule has 0 aliphatic rings. The fourth-order valence-electron chi connectivity index (χ4n) is 2.84. The van der Waals surface area contributed by atoms with Crippen molar-refractivity contribution in [2.75, 3.05) is 0 Å². The smallest absolute Gasteiger partial charge is 0.289 e. The molecule has 142 valence electrons. The number of carbonyl (C=O) groups excluding carboxylic acids is 1. The molecule has 4 rings (SSSR count). The van der Waals surface area contributed by atoms with Crippen molar-refractivity contribution in [3.8, 4) is 28.1 Å². The summed E-state index contributed by atoms with van der Waals surface area (Å²) in [6.07, 6.45) is 1.50. The summed E-state index contributed by atoms with van der Waals surface area (Å²) in [5, 5.41) is 20.1. The number of aromatic nitrogens is 2. The number of phenolic OH excluding ortho intramolecular Hbond substituents is 1. The summed E-state index contributed by atoms with van der Waals surface area (Å²) in [5.41, 5.74) is 7.38. The van der Waals surface area contributed by atoms with E-state index in [1.54, 1.807) is 30.3 Å². The van der Waals surface area contributed by atoms with Crippen LogP contribution in [0, 0.1) is 0 Å². The molecule has 0 bridgehead atoms. The molecule has 0 unspecified atom stereocenters. The lowest BCUT2D eigenvalue weighted by Gasteiger charge is -2.02. The van der Waals surface area contributed by atoms with Crippen LogP contribution in [0.15, 0.2) is 90.0 Å². The number of amides is 1. The summed E-state index contributed by atoms with van der Waals surface area (Å²) in [6, 6.07) is 26.3. The minimum absolute atomic E-state index is 0.174. The highest BCUT2D eigenvalue weighted by molar-refractivity contribution is 5.94. The summed E-state index contributed by atoms with van der Waals surface area (Å²) < 4.78 is 0. The van der Waals surface area contributed by atoms with E-state index in [1.807, 2.05) is 42.5 Å². The van der Waals surface area contributed by atoms with Gasteiger partial charge in [-0.3, -0.25) is 9.89 Å². The first kappa shape index (κ1) is 18.2. The Labute approximate surface area is 167 Å². The van der Waals surface area contributed by atoms with Gasteiger partial charge in [0.15, 0.2) is 0 Å². The predicted molar refractivity (Wildman–Crippen MR) is 113 cm³/mol. The van der Waals surface area contributed by atoms with E-state index in [1.165, 1.54) is 6.21 Å². The first-order valence-corrected chi connectivity index (χ1v) is 9.03. The highest BCUT2D eigenvalue weighted by Crippen LogP contribution is 2.24. The number of carbonyl (C=O) groups is 1. The standard InChI is InChI=1S/C23H18N4O2/c28-20-12-6-16(7-13-20)15-24-27-23(29)22-14-21(25-26-22)19-10-8-18(9-11-19)17-4-2-1-3-5-17/h1-15,28H,(H,25,26)(H,27,29)/b24-15-. The maximum atomic E-state index is 12.2. The molecule has 0 atom stereocenters. The van der Waals surface area contributed by atoms with E-state index >= 15 is 0 Å². The van der Waals surface area contributed by atoms with Gasteiger partial charge in [0.05, 0.1) is 11.9 Å². The summed E-state index contributed by atoms with van der Waals surface area (Å²) in [7, 11) is 0. The third-order valence-corrected chi connectivity index (χ3v) is 4.38. The highest BCUT2D eigenvalue weighted by atomic mass is 16.3. The zero-order chi connectivity index (χ0) is 20.1. The second kappa shape index (κ2) is 8.22. The number of aromatic hydroxyl groups is 1. The van der Waals surface area contributed by atoms with Crippen molar-refractivity contribution >= 4 is 12.1 Å². The van der Waals surface area contributed by atoms with Crippen molar-refractivity contribution in [3.05, 3.63) is 96.2 Å². The van der Waals surface area contributed by atoms with Crippen LogP contribution >= 0.6 is 0 Å². The van der Waals surface area contributed by atoms with E-state index < -0.39 is 0 Å². The molecule has 4 aromatic rings. The SMILES string of the molecule is O=C(N/N=C\c1ccc(O)cc1)c1cc(-c2ccc(-c3ccccc3)cc2)n[nH]1. The predicted octanol–water partition coefficient (Wildman–Crippen LogP) is 4.21. The molecule has 29 heavy (non-hydrogen) atoms. The number of nitrogens with zero attached hydrogens (tertiary/aromatic N) is 2. The zero-order valence-electron chi connectivity index (χ0n) is 15.4. The minimum atomic E-state index is -0.389. The molecular weight excluding hydrogens is 364 g/mol. The third-order valence-electron chi connectivity index (χ3n) is 4.38. The van der Waals surface area contributed by atoms with Crippen LogP contribution in [0.5, 0.6) is 5.75 Å². The molecule has 6 heteroatoms. The van der Waals surface area contributed by atoms with Crippen molar-refractivity contribution in [1.29, 1.82) is 0 Å². The molecule has 1 aromatic heterocycles. The summed E-state index contributed by atoms with van der Waals surface area (Å²) in [4.78, 5) is 12.2. The number of hydrogen-bond donors (Lipinski definition) is 3. The maximum absolute atomic E-state index is 12.2. The van der Waals surface area contributed by atoms with Crippen LogP contribution in [0.1, 0.15) is 16.1 Å². The van der Waals surface area contributed by atoms with Crippen molar-refractivity contribution in [2.24, 2.45) is 5.10 Å². The molecule has 1 amide bonds. The van der Waals surface area contributed by atoms with Crippen LogP contribution in [0.25, 0.3) is 22.4 Å². The van der Waals surface area contributed by atoms with Crippen LogP contribution in [0.3, 0.4) is 0 Å². The second-order valence-electron chi connectivity index (χ2n) is 6.40. The van der Waals surface area contributed by atoms with E-state index in [4.69, 9.17) is 0 Å². The van der Waals surface area contributed by atoms with E-state index in [0.29, 0.717) is 11.4 Å². The molecule has 0 spiro atoms. The first-order valence-electron chi connectivity index (χ1n) is 9.03. The molecule has 0 fully saturated rings. The number of benzene rings is 3. The van der Waals surface area contributed by atoms with Gasteiger partial charge in [-0.15, -0.1) is 0 Å². The maximum Gasteiger partial charge on any atom is 0.289 e. The molecule has 3 aromatic carbocycles. The fourth-order valence-corrected chi connectivity index (χ4v) is 2.84. The largest absolute Gasteiger partial charge is 0.508 e. The van der Waals surface area contributed by atoms with E-state index in [2.05, 4.69) is 32.9 Å². The molecule has 6 nitrogen and oxygen atoms in total. The van der Waals surface area contributed by atoms with Gasteiger partial charge in [0, 0.05) is 5.56 Å². The van der Waals surface area contributed by atoms with Gasteiger partial charge < -0.3 is 5.11 Å². The Balaban J connectivity index is 1.42.